The average Bonchev–Trinajstić information content (AvgIpc) is 2.66. The average molecular weight is 352 g/mol. The predicted octanol–water partition coefficient (Wildman–Crippen LogP) is 4.36. The fourth-order valence-electron chi connectivity index (χ4n) is 3.11. The van der Waals surface area contributed by atoms with E-state index in [1.165, 1.54) is 0 Å². The Morgan fingerprint density at radius 2 is 1.52 bits per heavy atom. The normalized spacial score (nSPS) is 15.6. The Balaban J connectivity index is 1.98. The van der Waals surface area contributed by atoms with Crippen LogP contribution in [0.4, 0.5) is 0 Å². The monoisotopic (exact) mass is 352 g/mol. The van der Waals surface area contributed by atoms with Crippen LogP contribution >= 0.6 is 0 Å². The van der Waals surface area contributed by atoms with Crippen LogP contribution in [0.25, 0.3) is 0 Å². The topological polar surface area (TPSA) is 52.6 Å². The van der Waals surface area contributed by atoms with Crippen LogP contribution in [0.5, 0.6) is 17.2 Å². The minimum absolute atomic E-state index is 0.283. The van der Waals surface area contributed by atoms with E-state index in [9.17, 15) is 8.42 Å². The van der Waals surface area contributed by atoms with Crippen LogP contribution in [0.15, 0.2) is 77.7 Å². The Hall–Kier alpha value is -2.79. The first-order chi connectivity index (χ1) is 12.1. The van der Waals surface area contributed by atoms with E-state index in [-0.39, 0.29) is 4.90 Å². The van der Waals surface area contributed by atoms with Crippen LogP contribution in [0, 0.1) is 0 Å². The van der Waals surface area contributed by atoms with E-state index in [1.807, 2.05) is 12.1 Å². The highest BCUT2D eigenvalue weighted by molar-refractivity contribution is 7.92. The van der Waals surface area contributed by atoms with Gasteiger partial charge in [0.2, 0.25) is 0 Å². The molecule has 5 heteroatoms. The van der Waals surface area contributed by atoms with Crippen molar-refractivity contribution >= 4 is 9.84 Å². The summed E-state index contributed by atoms with van der Waals surface area (Å²) in [6.45, 7) is 0. The Labute approximate surface area is 146 Å². The zero-order valence-electron chi connectivity index (χ0n) is 13.5. The molecule has 3 aromatic rings. The van der Waals surface area contributed by atoms with E-state index in [4.69, 9.17) is 9.47 Å². The van der Waals surface area contributed by atoms with E-state index < -0.39 is 15.1 Å². The molecule has 1 aliphatic rings. The maximum Gasteiger partial charge on any atom is 0.189 e. The minimum Gasteiger partial charge on any atom is -0.497 e. The van der Waals surface area contributed by atoms with Gasteiger partial charge < -0.3 is 9.47 Å². The molecule has 126 valence electrons. The maximum atomic E-state index is 13.4. The molecule has 3 aromatic carbocycles. The highest BCUT2D eigenvalue weighted by Crippen LogP contribution is 2.49. The van der Waals surface area contributed by atoms with Crippen molar-refractivity contribution in [1.29, 1.82) is 0 Å². The van der Waals surface area contributed by atoms with Gasteiger partial charge in [-0.2, -0.15) is 0 Å². The molecule has 0 amide bonds. The van der Waals surface area contributed by atoms with Crippen molar-refractivity contribution in [2.45, 2.75) is 10.1 Å². The number of methoxy groups -OCH3 is 1. The fraction of sp³-hybridized carbons (Fsp3) is 0.100. The maximum absolute atomic E-state index is 13.4. The van der Waals surface area contributed by atoms with Gasteiger partial charge in [0.15, 0.2) is 9.84 Å². The molecule has 0 N–H and O–H groups in total. The van der Waals surface area contributed by atoms with Gasteiger partial charge in [0.05, 0.1) is 12.0 Å². The van der Waals surface area contributed by atoms with Crippen LogP contribution in [0.1, 0.15) is 16.4 Å². The molecule has 4 nitrogen and oxygen atoms in total. The second-order valence-electron chi connectivity index (χ2n) is 5.78. The summed E-state index contributed by atoms with van der Waals surface area (Å²) >= 11 is 0. The van der Waals surface area contributed by atoms with Crippen LogP contribution in [0.3, 0.4) is 0 Å². The lowest BCUT2D eigenvalue weighted by atomic mass is 9.99. The summed E-state index contributed by atoms with van der Waals surface area (Å²) in [5.74, 6) is 1.68. The fourth-order valence-corrected chi connectivity index (χ4v) is 4.96. The van der Waals surface area contributed by atoms with E-state index in [0.717, 1.165) is 0 Å². The highest BCUT2D eigenvalue weighted by Gasteiger charge is 2.38. The summed E-state index contributed by atoms with van der Waals surface area (Å²) < 4.78 is 38.0. The van der Waals surface area contributed by atoms with Crippen molar-refractivity contribution in [3.05, 3.63) is 83.9 Å². The van der Waals surface area contributed by atoms with Crippen molar-refractivity contribution in [3.63, 3.8) is 0 Å². The Kier molecular flexibility index (Phi) is 3.73. The van der Waals surface area contributed by atoms with Crippen LogP contribution in [-0.4, -0.2) is 15.5 Å². The summed E-state index contributed by atoms with van der Waals surface area (Å²) in [4.78, 5) is 0.283. The number of fused-ring (bicyclic) bond motifs is 2. The molecule has 0 aromatic heterocycles. The van der Waals surface area contributed by atoms with E-state index in [2.05, 4.69) is 0 Å². The van der Waals surface area contributed by atoms with E-state index in [1.54, 1.807) is 67.8 Å². The summed E-state index contributed by atoms with van der Waals surface area (Å²) in [5, 5.41) is -0.843. The first kappa shape index (κ1) is 15.7. The molecule has 0 radical (unpaired) electrons. The molecule has 25 heavy (non-hydrogen) atoms. The Morgan fingerprint density at radius 1 is 0.840 bits per heavy atom. The first-order valence-electron chi connectivity index (χ1n) is 7.85. The van der Waals surface area contributed by atoms with Crippen LogP contribution < -0.4 is 9.47 Å². The number of ether oxygens (including phenoxy) is 2. The van der Waals surface area contributed by atoms with Gasteiger partial charge in [-0.1, -0.05) is 36.4 Å². The standard InChI is InChI=1S/C20H16O4S/c1-23-14-11-12-19-17(13-14)20(16-9-5-6-10-18(16)24-19)25(21,22)15-7-3-2-4-8-15/h2-13,20H,1H3. The lowest BCUT2D eigenvalue weighted by Gasteiger charge is -2.28. The van der Waals surface area contributed by atoms with Crippen molar-refractivity contribution in [3.8, 4) is 17.2 Å². The molecule has 0 fully saturated rings. The number of hydrogen-bond donors (Lipinski definition) is 0. The van der Waals surface area contributed by atoms with Gasteiger partial charge >= 0.3 is 0 Å². The third-order valence-corrected chi connectivity index (χ3v) is 6.36. The molecule has 1 aliphatic heterocycles. The van der Waals surface area contributed by atoms with Crippen LogP contribution in [0.2, 0.25) is 0 Å². The highest BCUT2D eigenvalue weighted by atomic mass is 32.2. The van der Waals surface area contributed by atoms with Gasteiger partial charge in [-0.25, -0.2) is 8.42 Å². The Bertz CT molecular complexity index is 1030. The van der Waals surface area contributed by atoms with Crippen molar-refractivity contribution in [2.75, 3.05) is 7.11 Å². The largest absolute Gasteiger partial charge is 0.497 e. The molecule has 1 atom stereocenters. The third kappa shape index (κ3) is 2.57. The lowest BCUT2D eigenvalue weighted by molar-refractivity contribution is 0.409. The molecule has 0 spiro atoms. The summed E-state index contributed by atoms with van der Waals surface area (Å²) in [6.07, 6.45) is 0. The lowest BCUT2D eigenvalue weighted by Crippen LogP contribution is -2.19. The molecule has 1 unspecified atom stereocenters. The number of rotatable bonds is 3. The first-order valence-corrected chi connectivity index (χ1v) is 9.39. The molecule has 0 aliphatic carbocycles. The zero-order valence-corrected chi connectivity index (χ0v) is 14.4. The number of hydrogen-bond acceptors (Lipinski definition) is 4. The third-order valence-electron chi connectivity index (χ3n) is 4.30. The summed E-state index contributed by atoms with van der Waals surface area (Å²) in [6, 6.07) is 21.0. The molecule has 1 heterocycles. The van der Waals surface area contributed by atoms with Gasteiger partial charge in [0.1, 0.15) is 22.5 Å². The molecular weight excluding hydrogens is 336 g/mol. The second kappa shape index (κ2) is 5.93. The smallest absolute Gasteiger partial charge is 0.189 e. The summed E-state index contributed by atoms with van der Waals surface area (Å²) in [5.41, 5.74) is 1.22. The van der Waals surface area contributed by atoms with Gasteiger partial charge in [-0.05, 0) is 36.4 Å². The molecule has 0 saturated carbocycles. The second-order valence-corrected chi connectivity index (χ2v) is 7.81. The molecule has 0 saturated heterocycles. The van der Waals surface area contributed by atoms with Gasteiger partial charge in [0, 0.05) is 11.1 Å². The van der Waals surface area contributed by atoms with E-state index >= 15 is 0 Å². The summed E-state index contributed by atoms with van der Waals surface area (Å²) in [7, 11) is -2.09. The van der Waals surface area contributed by atoms with Gasteiger partial charge in [0.25, 0.3) is 0 Å². The van der Waals surface area contributed by atoms with Gasteiger partial charge in [-0.15, -0.1) is 0 Å². The van der Waals surface area contributed by atoms with Gasteiger partial charge in [-0.3, -0.25) is 0 Å². The Morgan fingerprint density at radius 3 is 2.28 bits per heavy atom. The zero-order chi connectivity index (χ0) is 17.4. The van der Waals surface area contributed by atoms with Crippen molar-refractivity contribution in [1.82, 2.24) is 0 Å². The molecular formula is C20H16O4S. The van der Waals surface area contributed by atoms with E-state index in [0.29, 0.717) is 28.4 Å². The SMILES string of the molecule is COc1ccc2c(c1)C(S(=O)(=O)c1ccccc1)c1ccccc1O2. The molecule has 4 rings (SSSR count). The van der Waals surface area contributed by atoms with Crippen molar-refractivity contribution in [2.24, 2.45) is 0 Å². The predicted molar refractivity (Wildman–Crippen MR) is 95.0 cm³/mol. The minimum atomic E-state index is -3.65. The van der Waals surface area contributed by atoms with Crippen LogP contribution in [-0.2, 0) is 9.84 Å². The quantitative estimate of drug-likeness (QED) is 0.703. The molecule has 0 bridgehead atoms. The number of para-hydroxylation sites is 1. The van der Waals surface area contributed by atoms with Crippen molar-refractivity contribution < 1.29 is 17.9 Å². The number of benzene rings is 3. The number of sulfone groups is 1.